The molecule has 3 heteroatoms. The van der Waals surface area contributed by atoms with E-state index in [2.05, 4.69) is 24.5 Å². The van der Waals surface area contributed by atoms with E-state index in [1.54, 1.807) is 0 Å². The van der Waals surface area contributed by atoms with Gasteiger partial charge in [0.15, 0.2) is 0 Å². The van der Waals surface area contributed by atoms with Crippen LogP contribution in [0.25, 0.3) is 0 Å². The minimum Gasteiger partial charge on any atom is -0.695 e. The summed E-state index contributed by atoms with van der Waals surface area (Å²) in [5.41, 5.74) is 5.29. The fourth-order valence-electron chi connectivity index (χ4n) is 0. The van der Waals surface area contributed by atoms with Gasteiger partial charge in [-0.3, -0.25) is 0 Å². The number of hydrogen-bond acceptors (Lipinski definition) is 2. The third kappa shape index (κ3) is 60.4. The molecular formula is C8H19NOY-2. The van der Waals surface area contributed by atoms with Crippen LogP contribution in [0.3, 0.4) is 0 Å². The molecule has 0 saturated heterocycles. The zero-order valence-electron chi connectivity index (χ0n) is 8.05. The molecule has 0 saturated carbocycles. The molecule has 1 radical (unpaired) electrons. The second-order valence-electron chi connectivity index (χ2n) is 1.73. The quantitative estimate of drug-likeness (QED) is 0.583. The molecule has 0 heterocycles. The van der Waals surface area contributed by atoms with E-state index in [1.165, 1.54) is 7.11 Å². The Balaban J connectivity index is -0.0000000383. The van der Waals surface area contributed by atoms with Crippen molar-refractivity contribution in [3.63, 3.8) is 0 Å². The summed E-state index contributed by atoms with van der Waals surface area (Å²) in [6.45, 7) is 7.21. The van der Waals surface area contributed by atoms with E-state index in [4.69, 9.17) is 5.73 Å². The number of nitrogens with two attached hydrogens (primary N) is 1. The van der Waals surface area contributed by atoms with Gasteiger partial charge in [0.25, 0.3) is 0 Å². The predicted octanol–water partition coefficient (Wildman–Crippen LogP) is 1.77. The summed E-state index contributed by atoms with van der Waals surface area (Å²) >= 11 is 0. The zero-order chi connectivity index (χ0) is 7.70. The minimum absolute atomic E-state index is 0. The van der Waals surface area contributed by atoms with Crippen molar-refractivity contribution in [2.24, 2.45) is 5.73 Å². The van der Waals surface area contributed by atoms with Crippen molar-refractivity contribution in [1.82, 2.24) is 0 Å². The second kappa shape index (κ2) is 22.4. The summed E-state index contributed by atoms with van der Waals surface area (Å²) in [5, 5.41) is 0. The van der Waals surface area contributed by atoms with Gasteiger partial charge in [-0.2, -0.15) is 0 Å². The average molecular weight is 234 g/mol. The molecule has 67 valence electrons. The van der Waals surface area contributed by atoms with Crippen molar-refractivity contribution < 1.29 is 37.4 Å². The van der Waals surface area contributed by atoms with Crippen LogP contribution in [0.1, 0.15) is 20.3 Å². The van der Waals surface area contributed by atoms with E-state index < -0.39 is 0 Å². The Morgan fingerprint density at radius 3 is 1.82 bits per heavy atom. The average Bonchev–Trinajstić information content (AvgIpc) is 1.89. The molecule has 0 rings (SSSR count). The molecule has 0 amide bonds. The molecule has 0 aromatic carbocycles. The van der Waals surface area contributed by atoms with Crippen molar-refractivity contribution >= 4 is 0 Å². The maximum Gasteiger partial charge on any atom is 0.0336 e. The van der Waals surface area contributed by atoms with Crippen LogP contribution in [0.5, 0.6) is 0 Å². The Morgan fingerprint density at radius 2 is 1.82 bits per heavy atom. The Kier molecular flexibility index (Phi) is 46.0. The van der Waals surface area contributed by atoms with E-state index >= 15 is 0 Å². The van der Waals surface area contributed by atoms with Crippen LogP contribution in [0, 0.1) is 13.7 Å². The molecule has 0 aromatic heterocycles. The van der Waals surface area contributed by atoms with E-state index in [9.17, 15) is 0 Å². The van der Waals surface area contributed by atoms with Crippen molar-refractivity contribution in [2.75, 3.05) is 7.11 Å². The SMILES string of the molecule is C=[C-]OC.CCC(C)N.[CH3-].[Y]. The summed E-state index contributed by atoms with van der Waals surface area (Å²) < 4.78 is 4.18. The first-order chi connectivity index (χ1) is 4.18. The van der Waals surface area contributed by atoms with Crippen LogP contribution in [0.15, 0.2) is 6.58 Å². The summed E-state index contributed by atoms with van der Waals surface area (Å²) in [7, 11) is 1.51. The summed E-state index contributed by atoms with van der Waals surface area (Å²) in [6.07, 6.45) is 3.26. The summed E-state index contributed by atoms with van der Waals surface area (Å²) in [5.74, 6) is 0. The standard InChI is InChI=1S/C4H11N.C3H5O.CH3.Y/c1-3-4(2)5;1-3-4-2;;/h4H,3,5H2,1-2H3;1H2,2H3;1H3;/q;2*-1;. The van der Waals surface area contributed by atoms with Crippen molar-refractivity contribution in [3.05, 3.63) is 20.3 Å². The smallest absolute Gasteiger partial charge is 0.0336 e. The van der Waals surface area contributed by atoms with Crippen molar-refractivity contribution in [2.45, 2.75) is 26.3 Å². The fourth-order valence-corrected chi connectivity index (χ4v) is 0. The second-order valence-corrected chi connectivity index (χ2v) is 1.73. The first-order valence-electron chi connectivity index (χ1n) is 2.99. The largest absolute Gasteiger partial charge is 0.695 e. The molecule has 2 N–H and O–H groups in total. The van der Waals surface area contributed by atoms with Crippen LogP contribution in [-0.4, -0.2) is 13.2 Å². The summed E-state index contributed by atoms with van der Waals surface area (Å²) in [6, 6.07) is 0.384. The van der Waals surface area contributed by atoms with Gasteiger partial charge in [0.05, 0.1) is 0 Å². The monoisotopic (exact) mass is 234 g/mol. The first-order valence-corrected chi connectivity index (χ1v) is 2.99. The Labute approximate surface area is 96.5 Å². The van der Waals surface area contributed by atoms with E-state index in [1.807, 2.05) is 6.92 Å². The van der Waals surface area contributed by atoms with E-state index in [0.717, 1.165) is 6.42 Å². The van der Waals surface area contributed by atoms with Crippen LogP contribution in [0.4, 0.5) is 0 Å². The molecule has 0 spiro atoms. The van der Waals surface area contributed by atoms with Crippen LogP contribution in [-0.2, 0) is 37.4 Å². The fraction of sp³-hybridized carbons (Fsp3) is 0.625. The number of rotatable bonds is 2. The Hall–Kier alpha value is 0.604. The van der Waals surface area contributed by atoms with Crippen LogP contribution < -0.4 is 5.73 Å². The number of methoxy groups -OCH3 is 1. The number of ether oxygens (including phenoxy) is 1. The maximum atomic E-state index is 5.29. The van der Waals surface area contributed by atoms with Gasteiger partial charge in [-0.05, 0) is 13.3 Å². The molecule has 0 aliphatic rings. The molecule has 1 atom stereocenters. The van der Waals surface area contributed by atoms with Crippen LogP contribution >= 0.6 is 0 Å². The minimum atomic E-state index is 0. The third-order valence-electron chi connectivity index (χ3n) is 0.788. The third-order valence-corrected chi connectivity index (χ3v) is 0.788. The molecule has 1 unspecified atom stereocenters. The first kappa shape index (κ1) is 22.6. The topological polar surface area (TPSA) is 35.2 Å². The summed E-state index contributed by atoms with van der Waals surface area (Å²) in [4.78, 5) is 0. The van der Waals surface area contributed by atoms with Crippen molar-refractivity contribution in [1.29, 1.82) is 0 Å². The van der Waals surface area contributed by atoms with Crippen molar-refractivity contribution in [3.8, 4) is 0 Å². The molecular weight excluding hydrogens is 215 g/mol. The zero-order valence-corrected chi connectivity index (χ0v) is 10.9. The van der Waals surface area contributed by atoms with Gasteiger partial charge in [0.1, 0.15) is 0 Å². The van der Waals surface area contributed by atoms with Gasteiger partial charge < -0.3 is 24.2 Å². The van der Waals surface area contributed by atoms with Gasteiger partial charge in [-0.25, -0.2) is 6.58 Å². The molecule has 0 aliphatic heterocycles. The van der Waals surface area contributed by atoms with Gasteiger partial charge in [-0.1, -0.05) is 6.92 Å². The van der Waals surface area contributed by atoms with Gasteiger partial charge in [-0.15, -0.1) is 0 Å². The maximum absolute atomic E-state index is 5.29. The van der Waals surface area contributed by atoms with Gasteiger partial charge in [0, 0.05) is 45.9 Å². The molecule has 0 fully saturated rings. The predicted molar refractivity (Wildman–Crippen MR) is 46.2 cm³/mol. The normalized spacial score (nSPS) is 8.73. The Morgan fingerprint density at radius 1 is 1.64 bits per heavy atom. The molecule has 0 aromatic rings. The molecule has 0 aliphatic carbocycles. The van der Waals surface area contributed by atoms with Gasteiger partial charge in [0.2, 0.25) is 0 Å². The van der Waals surface area contributed by atoms with Gasteiger partial charge >= 0.3 is 0 Å². The van der Waals surface area contributed by atoms with E-state index in [0.29, 0.717) is 6.04 Å². The van der Waals surface area contributed by atoms with Crippen LogP contribution in [0.2, 0.25) is 0 Å². The molecule has 0 bridgehead atoms. The Bertz CT molecular complexity index is 58.1. The molecule has 2 nitrogen and oxygen atoms in total. The number of hydrogen-bond donors (Lipinski definition) is 1. The molecule has 11 heavy (non-hydrogen) atoms. The van der Waals surface area contributed by atoms with E-state index in [-0.39, 0.29) is 40.1 Å².